The summed E-state index contributed by atoms with van der Waals surface area (Å²) in [6.07, 6.45) is 1.44. The molecule has 3 N–H and O–H groups in total. The average Bonchev–Trinajstić information content (AvgIpc) is 2.84. The number of hydrogen-bond acceptors (Lipinski definition) is 5. The number of imide groups is 2. The second-order valence-electron chi connectivity index (χ2n) is 5.68. The summed E-state index contributed by atoms with van der Waals surface area (Å²) >= 11 is 0. The Kier molecular flexibility index (Phi) is 5.37. The molecule has 0 aliphatic carbocycles. The smallest absolute Gasteiger partial charge is 0.325 e. The molecule has 1 aliphatic rings. The molecule has 0 aromatic heterocycles. The van der Waals surface area contributed by atoms with Gasteiger partial charge in [-0.3, -0.25) is 19.8 Å². The van der Waals surface area contributed by atoms with Crippen LogP contribution in [0.1, 0.15) is 18.1 Å². The van der Waals surface area contributed by atoms with Crippen LogP contribution in [-0.4, -0.2) is 41.9 Å². The van der Waals surface area contributed by atoms with Gasteiger partial charge in [0.1, 0.15) is 12.1 Å². The van der Waals surface area contributed by atoms with Crippen molar-refractivity contribution in [3.8, 4) is 6.07 Å². The number of nitrogens with one attached hydrogen (secondary N) is 3. The summed E-state index contributed by atoms with van der Waals surface area (Å²) in [4.78, 5) is 48.9. The number of nitrogens with zero attached hydrogens (tertiary/aromatic N) is 2. The van der Waals surface area contributed by atoms with Gasteiger partial charge in [-0.15, -0.1) is 6.58 Å². The van der Waals surface area contributed by atoms with Crippen molar-refractivity contribution >= 4 is 23.9 Å². The monoisotopic (exact) mass is 355 g/mol. The molecule has 1 fully saturated rings. The fraction of sp³-hybridized carbons (Fsp3) is 0.235. The molecule has 9 nitrogen and oxygen atoms in total. The van der Waals surface area contributed by atoms with E-state index >= 15 is 0 Å². The minimum Gasteiger partial charge on any atom is -0.334 e. The summed E-state index contributed by atoms with van der Waals surface area (Å²) in [5, 5.41) is 15.7. The van der Waals surface area contributed by atoms with Crippen molar-refractivity contribution in [3.05, 3.63) is 48.0 Å². The second kappa shape index (κ2) is 7.48. The third kappa shape index (κ3) is 3.70. The Bertz CT molecular complexity index is 811. The molecule has 1 heterocycles. The van der Waals surface area contributed by atoms with Gasteiger partial charge in [-0.2, -0.15) is 5.26 Å². The zero-order valence-corrected chi connectivity index (χ0v) is 14.0. The largest absolute Gasteiger partial charge is 0.334 e. The van der Waals surface area contributed by atoms with Crippen molar-refractivity contribution < 1.29 is 19.2 Å². The lowest BCUT2D eigenvalue weighted by molar-refractivity contribution is -0.134. The SMILES string of the molecule is C=CCNC(=O)NC(=O)CN1C(=O)NC(C)(c2ccc(C#N)cc2)C1=O. The molecule has 0 spiro atoms. The zero-order valence-electron chi connectivity index (χ0n) is 14.0. The van der Waals surface area contributed by atoms with Crippen LogP contribution in [0.5, 0.6) is 0 Å². The van der Waals surface area contributed by atoms with Crippen LogP contribution in [0, 0.1) is 11.3 Å². The zero-order chi connectivity index (χ0) is 19.3. The number of carbonyl (C=O) groups excluding carboxylic acids is 4. The van der Waals surface area contributed by atoms with Gasteiger partial charge in [0.25, 0.3) is 5.91 Å². The second-order valence-corrected chi connectivity index (χ2v) is 5.68. The van der Waals surface area contributed by atoms with Crippen molar-refractivity contribution in [2.45, 2.75) is 12.5 Å². The van der Waals surface area contributed by atoms with Gasteiger partial charge in [0.15, 0.2) is 0 Å². The lowest BCUT2D eigenvalue weighted by Crippen LogP contribution is -2.46. The van der Waals surface area contributed by atoms with Crippen molar-refractivity contribution in [1.82, 2.24) is 20.9 Å². The van der Waals surface area contributed by atoms with E-state index in [-0.39, 0.29) is 6.54 Å². The molecular weight excluding hydrogens is 338 g/mol. The standard InChI is InChI=1S/C17H17N5O4/c1-3-8-19-15(25)20-13(23)10-22-14(24)17(2,21-16(22)26)12-6-4-11(9-18)5-7-12/h3-7H,1,8,10H2,2H3,(H,21,26)(H2,19,20,23,25). The van der Waals surface area contributed by atoms with E-state index in [1.165, 1.54) is 25.1 Å². The number of nitriles is 1. The number of urea groups is 2. The lowest BCUT2D eigenvalue weighted by atomic mass is 9.91. The Labute approximate surface area is 149 Å². The first-order chi connectivity index (χ1) is 12.3. The van der Waals surface area contributed by atoms with E-state index in [0.29, 0.717) is 11.1 Å². The quantitative estimate of drug-likeness (QED) is 0.518. The van der Waals surface area contributed by atoms with E-state index in [1.807, 2.05) is 11.4 Å². The summed E-state index contributed by atoms with van der Waals surface area (Å²) in [6, 6.07) is 6.64. The van der Waals surface area contributed by atoms with Crippen LogP contribution in [0.15, 0.2) is 36.9 Å². The van der Waals surface area contributed by atoms with Crippen molar-refractivity contribution in [2.24, 2.45) is 0 Å². The van der Waals surface area contributed by atoms with E-state index in [2.05, 4.69) is 17.2 Å². The number of hydrogen-bond donors (Lipinski definition) is 3. The molecule has 1 atom stereocenters. The molecule has 0 saturated carbocycles. The molecule has 0 bridgehead atoms. The lowest BCUT2D eigenvalue weighted by Gasteiger charge is -2.22. The number of benzene rings is 1. The van der Waals surface area contributed by atoms with Crippen LogP contribution in [0.3, 0.4) is 0 Å². The predicted molar refractivity (Wildman–Crippen MR) is 90.5 cm³/mol. The molecule has 9 heteroatoms. The Hall–Kier alpha value is -3.67. The predicted octanol–water partition coefficient (Wildman–Crippen LogP) is 0.337. The van der Waals surface area contributed by atoms with Crippen molar-refractivity contribution in [2.75, 3.05) is 13.1 Å². The van der Waals surface area contributed by atoms with Crippen molar-refractivity contribution in [1.29, 1.82) is 5.26 Å². The van der Waals surface area contributed by atoms with E-state index in [1.54, 1.807) is 12.1 Å². The molecule has 1 unspecified atom stereocenters. The summed E-state index contributed by atoms with van der Waals surface area (Å²) in [5.41, 5.74) is -0.478. The molecule has 6 amide bonds. The normalized spacial score (nSPS) is 18.7. The first kappa shape index (κ1) is 18.7. The molecule has 0 radical (unpaired) electrons. The Balaban J connectivity index is 2.10. The van der Waals surface area contributed by atoms with Crippen molar-refractivity contribution in [3.63, 3.8) is 0 Å². The van der Waals surface area contributed by atoms with Gasteiger partial charge in [0.05, 0.1) is 11.6 Å². The van der Waals surface area contributed by atoms with Crippen LogP contribution in [0.2, 0.25) is 0 Å². The van der Waals surface area contributed by atoms with E-state index in [9.17, 15) is 19.2 Å². The maximum atomic E-state index is 12.7. The molecular formula is C17H17N5O4. The number of rotatable bonds is 5. The Morgan fingerprint density at radius 1 is 1.35 bits per heavy atom. The van der Waals surface area contributed by atoms with Crippen LogP contribution in [0.4, 0.5) is 9.59 Å². The number of carbonyl (C=O) groups is 4. The van der Waals surface area contributed by atoms with Gasteiger partial charge in [-0.05, 0) is 24.6 Å². The molecule has 2 rings (SSSR count). The highest BCUT2D eigenvalue weighted by Crippen LogP contribution is 2.28. The Morgan fingerprint density at radius 3 is 2.58 bits per heavy atom. The van der Waals surface area contributed by atoms with Crippen LogP contribution in [-0.2, 0) is 15.1 Å². The molecule has 134 valence electrons. The van der Waals surface area contributed by atoms with Gasteiger partial charge >= 0.3 is 12.1 Å². The third-order valence-electron chi connectivity index (χ3n) is 3.83. The maximum Gasteiger partial charge on any atom is 0.325 e. The molecule has 1 aromatic carbocycles. The highest BCUT2D eigenvalue weighted by atomic mass is 16.2. The summed E-state index contributed by atoms with van der Waals surface area (Å²) in [5.74, 6) is -1.44. The van der Waals surface area contributed by atoms with E-state index < -0.39 is 36.0 Å². The van der Waals surface area contributed by atoms with Gasteiger partial charge in [0, 0.05) is 6.54 Å². The topological polar surface area (TPSA) is 131 Å². The van der Waals surface area contributed by atoms with Gasteiger partial charge < -0.3 is 10.6 Å². The Morgan fingerprint density at radius 2 is 2.00 bits per heavy atom. The molecule has 1 aliphatic heterocycles. The van der Waals surface area contributed by atoms with Gasteiger partial charge in [-0.25, -0.2) is 9.59 Å². The maximum absolute atomic E-state index is 12.7. The van der Waals surface area contributed by atoms with Gasteiger partial charge in [-0.1, -0.05) is 18.2 Å². The average molecular weight is 355 g/mol. The fourth-order valence-corrected chi connectivity index (χ4v) is 2.43. The van der Waals surface area contributed by atoms with E-state index in [0.717, 1.165) is 4.90 Å². The minimum atomic E-state index is -1.36. The van der Waals surface area contributed by atoms with Gasteiger partial charge in [0.2, 0.25) is 5.91 Å². The van der Waals surface area contributed by atoms with Crippen LogP contribution < -0.4 is 16.0 Å². The highest BCUT2D eigenvalue weighted by molar-refractivity contribution is 6.10. The summed E-state index contributed by atoms with van der Waals surface area (Å²) in [7, 11) is 0. The molecule has 26 heavy (non-hydrogen) atoms. The van der Waals surface area contributed by atoms with E-state index in [4.69, 9.17) is 5.26 Å². The van der Waals surface area contributed by atoms with Crippen LogP contribution in [0.25, 0.3) is 0 Å². The fourth-order valence-electron chi connectivity index (χ4n) is 2.43. The minimum absolute atomic E-state index is 0.166. The third-order valence-corrected chi connectivity index (χ3v) is 3.83. The van der Waals surface area contributed by atoms with Crippen LogP contribution >= 0.6 is 0 Å². The first-order valence-corrected chi connectivity index (χ1v) is 7.65. The highest BCUT2D eigenvalue weighted by Gasteiger charge is 2.49. The number of amides is 6. The summed E-state index contributed by atoms with van der Waals surface area (Å²) < 4.78 is 0. The molecule has 1 aromatic rings. The molecule has 1 saturated heterocycles. The summed E-state index contributed by atoms with van der Waals surface area (Å²) in [6.45, 7) is 4.49. The first-order valence-electron chi connectivity index (χ1n) is 7.65.